The predicted molar refractivity (Wildman–Crippen MR) is 97.0 cm³/mol. The van der Waals surface area contributed by atoms with Crippen molar-refractivity contribution in [1.82, 2.24) is 14.8 Å². The quantitative estimate of drug-likeness (QED) is 0.810. The number of nitrogens with zero attached hydrogens (tertiary/aromatic N) is 3. The topological polar surface area (TPSA) is 88.8 Å². The van der Waals surface area contributed by atoms with E-state index in [1.807, 2.05) is 28.1 Å². The molecular weight excluding hydrogens is 332 g/mol. The Balaban J connectivity index is 1.45. The minimum Gasteiger partial charge on any atom is -0.372 e. The van der Waals surface area contributed by atoms with Crippen LogP contribution < -0.4 is 5.73 Å². The van der Waals surface area contributed by atoms with Gasteiger partial charge in [0.05, 0.1) is 19.3 Å². The lowest BCUT2D eigenvalue weighted by molar-refractivity contribution is -0.141. The number of primary amides is 1. The SMILES string of the molecule is NC(=O)CN1CCC(C(=O)N2CCC[C@@H](OCc3cccnc3)C2)CC1. The van der Waals surface area contributed by atoms with Gasteiger partial charge in [-0.2, -0.15) is 0 Å². The van der Waals surface area contributed by atoms with Crippen molar-refractivity contribution in [2.45, 2.75) is 38.4 Å². The third-order valence-corrected chi connectivity index (χ3v) is 5.21. The molecule has 142 valence electrons. The molecule has 2 fully saturated rings. The summed E-state index contributed by atoms with van der Waals surface area (Å²) in [7, 11) is 0. The van der Waals surface area contributed by atoms with E-state index in [4.69, 9.17) is 10.5 Å². The fourth-order valence-corrected chi connectivity index (χ4v) is 3.79. The smallest absolute Gasteiger partial charge is 0.231 e. The van der Waals surface area contributed by atoms with Gasteiger partial charge in [-0.05, 0) is 50.4 Å². The van der Waals surface area contributed by atoms with Crippen molar-refractivity contribution >= 4 is 11.8 Å². The van der Waals surface area contributed by atoms with Crippen LogP contribution in [-0.4, -0.2) is 65.4 Å². The van der Waals surface area contributed by atoms with E-state index in [1.165, 1.54) is 0 Å². The number of hydrogen-bond acceptors (Lipinski definition) is 5. The van der Waals surface area contributed by atoms with Crippen molar-refractivity contribution in [3.8, 4) is 0 Å². The summed E-state index contributed by atoms with van der Waals surface area (Å²) in [6.07, 6.45) is 7.20. The highest BCUT2D eigenvalue weighted by Gasteiger charge is 2.31. The highest BCUT2D eigenvalue weighted by molar-refractivity contribution is 5.79. The number of nitrogens with two attached hydrogens (primary N) is 1. The van der Waals surface area contributed by atoms with Crippen LogP contribution in [0.4, 0.5) is 0 Å². The van der Waals surface area contributed by atoms with E-state index in [1.54, 1.807) is 6.20 Å². The van der Waals surface area contributed by atoms with Gasteiger partial charge in [-0.1, -0.05) is 6.07 Å². The second kappa shape index (κ2) is 9.09. The normalized spacial score (nSPS) is 22.3. The van der Waals surface area contributed by atoms with Gasteiger partial charge in [0.2, 0.25) is 11.8 Å². The Morgan fingerprint density at radius 3 is 2.73 bits per heavy atom. The third kappa shape index (κ3) is 5.25. The maximum Gasteiger partial charge on any atom is 0.231 e. The lowest BCUT2D eigenvalue weighted by Crippen LogP contribution is -2.48. The Hall–Kier alpha value is -1.99. The standard InChI is InChI=1S/C19H28N4O3/c20-18(24)13-22-9-5-16(6-10-22)19(25)23-8-2-4-17(12-23)26-14-15-3-1-7-21-11-15/h1,3,7,11,16-17H,2,4-6,8-10,12-14H2,(H2,20,24)/t17-/m1/s1. The number of amides is 2. The number of hydrogen-bond donors (Lipinski definition) is 1. The Bertz CT molecular complexity index is 602. The van der Waals surface area contributed by atoms with Crippen molar-refractivity contribution in [1.29, 1.82) is 0 Å². The van der Waals surface area contributed by atoms with E-state index in [-0.39, 0.29) is 30.4 Å². The summed E-state index contributed by atoms with van der Waals surface area (Å²) >= 11 is 0. The minimum absolute atomic E-state index is 0.0520. The Morgan fingerprint density at radius 1 is 1.23 bits per heavy atom. The van der Waals surface area contributed by atoms with Crippen molar-refractivity contribution in [3.05, 3.63) is 30.1 Å². The average Bonchev–Trinajstić information content (AvgIpc) is 2.67. The molecule has 3 rings (SSSR count). The van der Waals surface area contributed by atoms with Crippen molar-refractivity contribution in [3.63, 3.8) is 0 Å². The molecule has 0 unspecified atom stereocenters. The number of rotatable bonds is 6. The summed E-state index contributed by atoms with van der Waals surface area (Å²) in [4.78, 5) is 32.0. The molecular formula is C19H28N4O3. The molecule has 7 nitrogen and oxygen atoms in total. The molecule has 0 aliphatic carbocycles. The second-order valence-corrected chi connectivity index (χ2v) is 7.24. The number of pyridine rings is 1. The zero-order chi connectivity index (χ0) is 18.4. The Kier molecular flexibility index (Phi) is 6.57. The lowest BCUT2D eigenvalue weighted by atomic mass is 9.94. The summed E-state index contributed by atoms with van der Waals surface area (Å²) < 4.78 is 6.00. The number of likely N-dealkylation sites (tertiary alicyclic amines) is 2. The van der Waals surface area contributed by atoms with Gasteiger partial charge in [0, 0.05) is 31.4 Å². The minimum atomic E-state index is -0.306. The summed E-state index contributed by atoms with van der Waals surface area (Å²) in [5.41, 5.74) is 6.30. The van der Waals surface area contributed by atoms with Crippen LogP contribution in [0.5, 0.6) is 0 Å². The van der Waals surface area contributed by atoms with Gasteiger partial charge in [0.1, 0.15) is 0 Å². The van der Waals surface area contributed by atoms with E-state index >= 15 is 0 Å². The van der Waals surface area contributed by atoms with Gasteiger partial charge in [-0.15, -0.1) is 0 Å². The first-order valence-electron chi connectivity index (χ1n) is 9.42. The van der Waals surface area contributed by atoms with Crippen LogP contribution >= 0.6 is 0 Å². The summed E-state index contributed by atoms with van der Waals surface area (Å²) in [5, 5.41) is 0. The van der Waals surface area contributed by atoms with Gasteiger partial charge in [-0.25, -0.2) is 0 Å². The molecule has 3 heterocycles. The van der Waals surface area contributed by atoms with Crippen molar-refractivity contribution < 1.29 is 14.3 Å². The summed E-state index contributed by atoms with van der Waals surface area (Å²) in [6, 6.07) is 3.90. The van der Waals surface area contributed by atoms with Crippen LogP contribution in [0.3, 0.4) is 0 Å². The molecule has 0 saturated carbocycles. The molecule has 7 heteroatoms. The first kappa shape index (κ1) is 18.8. The molecule has 2 N–H and O–H groups in total. The lowest BCUT2D eigenvalue weighted by Gasteiger charge is -2.37. The van der Waals surface area contributed by atoms with Crippen LogP contribution in [0.2, 0.25) is 0 Å². The molecule has 2 aliphatic heterocycles. The van der Waals surface area contributed by atoms with Gasteiger partial charge in [0.25, 0.3) is 0 Å². The fraction of sp³-hybridized carbons (Fsp3) is 0.632. The Labute approximate surface area is 154 Å². The van der Waals surface area contributed by atoms with E-state index in [0.717, 1.165) is 50.9 Å². The summed E-state index contributed by atoms with van der Waals surface area (Å²) in [5.74, 6) is -0.0194. The maximum atomic E-state index is 12.9. The van der Waals surface area contributed by atoms with Crippen LogP contribution in [0.15, 0.2) is 24.5 Å². The van der Waals surface area contributed by atoms with E-state index in [2.05, 4.69) is 4.98 Å². The van der Waals surface area contributed by atoms with Crippen LogP contribution in [0.25, 0.3) is 0 Å². The molecule has 0 bridgehead atoms. The monoisotopic (exact) mass is 360 g/mol. The Morgan fingerprint density at radius 2 is 2.04 bits per heavy atom. The predicted octanol–water partition coefficient (Wildman–Crippen LogP) is 0.787. The number of carbonyl (C=O) groups is 2. The highest BCUT2D eigenvalue weighted by Crippen LogP contribution is 2.23. The molecule has 1 atom stereocenters. The molecule has 0 radical (unpaired) electrons. The summed E-state index contributed by atoms with van der Waals surface area (Å²) in [6.45, 7) is 3.82. The van der Waals surface area contributed by atoms with Gasteiger partial charge < -0.3 is 15.4 Å². The largest absolute Gasteiger partial charge is 0.372 e. The number of aromatic nitrogens is 1. The molecule has 2 amide bonds. The van der Waals surface area contributed by atoms with E-state index in [0.29, 0.717) is 13.2 Å². The first-order chi connectivity index (χ1) is 12.6. The third-order valence-electron chi connectivity index (χ3n) is 5.21. The van der Waals surface area contributed by atoms with Crippen LogP contribution in [-0.2, 0) is 20.9 Å². The highest BCUT2D eigenvalue weighted by atomic mass is 16.5. The zero-order valence-electron chi connectivity index (χ0n) is 15.2. The van der Waals surface area contributed by atoms with Crippen LogP contribution in [0, 0.1) is 5.92 Å². The fourth-order valence-electron chi connectivity index (χ4n) is 3.79. The molecule has 0 spiro atoms. The van der Waals surface area contributed by atoms with Crippen LogP contribution in [0.1, 0.15) is 31.2 Å². The van der Waals surface area contributed by atoms with Crippen molar-refractivity contribution in [2.24, 2.45) is 11.7 Å². The molecule has 2 aliphatic rings. The van der Waals surface area contributed by atoms with Gasteiger partial charge in [0.15, 0.2) is 0 Å². The first-order valence-corrected chi connectivity index (χ1v) is 9.42. The second-order valence-electron chi connectivity index (χ2n) is 7.24. The van der Waals surface area contributed by atoms with E-state index in [9.17, 15) is 9.59 Å². The maximum absolute atomic E-state index is 12.9. The molecule has 2 saturated heterocycles. The number of piperidine rings is 2. The van der Waals surface area contributed by atoms with Crippen molar-refractivity contribution in [2.75, 3.05) is 32.7 Å². The molecule has 1 aromatic heterocycles. The van der Waals surface area contributed by atoms with Gasteiger partial charge >= 0.3 is 0 Å². The molecule has 26 heavy (non-hydrogen) atoms. The number of ether oxygens (including phenoxy) is 1. The van der Waals surface area contributed by atoms with Gasteiger partial charge in [-0.3, -0.25) is 19.5 Å². The molecule has 0 aromatic carbocycles. The van der Waals surface area contributed by atoms with E-state index < -0.39 is 0 Å². The average molecular weight is 360 g/mol. The molecule has 1 aromatic rings. The zero-order valence-corrected chi connectivity index (χ0v) is 15.2. The number of carbonyl (C=O) groups excluding carboxylic acids is 2.